The van der Waals surface area contributed by atoms with Crippen molar-refractivity contribution in [1.29, 1.82) is 0 Å². The zero-order valence-corrected chi connectivity index (χ0v) is 16.4. The van der Waals surface area contributed by atoms with Crippen LogP contribution in [-0.4, -0.2) is 38.7 Å². The van der Waals surface area contributed by atoms with Crippen LogP contribution in [0.2, 0.25) is 0 Å². The van der Waals surface area contributed by atoms with Gasteiger partial charge < -0.3 is 19.7 Å². The average Bonchev–Trinajstić information content (AvgIpc) is 2.73. The van der Waals surface area contributed by atoms with E-state index < -0.39 is 5.97 Å². The van der Waals surface area contributed by atoms with Gasteiger partial charge in [0.2, 0.25) is 0 Å². The number of benzene rings is 2. The van der Waals surface area contributed by atoms with Crippen molar-refractivity contribution in [3.8, 4) is 5.75 Å². The quantitative estimate of drug-likeness (QED) is 0.770. The molecule has 0 unspecified atom stereocenters. The third-order valence-electron chi connectivity index (χ3n) is 4.84. The third-order valence-corrected chi connectivity index (χ3v) is 4.84. The van der Waals surface area contributed by atoms with Gasteiger partial charge in [-0.15, -0.1) is 0 Å². The summed E-state index contributed by atoms with van der Waals surface area (Å²) < 4.78 is 10.3. The Balaban J connectivity index is 1.55. The monoisotopic (exact) mass is 382 g/mol. The standard InChI is InChI=1S/C22H26N2O4/c1-16-6-7-17(22(26)27-2)14-20(16)28-15-21(25)23-18-8-10-19(11-9-18)24-12-4-3-5-13-24/h6-11,14H,3-5,12-13,15H2,1-2H3,(H,23,25). The number of nitrogens with one attached hydrogen (secondary N) is 1. The van der Waals surface area contributed by atoms with Gasteiger partial charge >= 0.3 is 5.97 Å². The zero-order valence-electron chi connectivity index (χ0n) is 16.4. The van der Waals surface area contributed by atoms with E-state index in [0.29, 0.717) is 11.3 Å². The summed E-state index contributed by atoms with van der Waals surface area (Å²) in [7, 11) is 1.33. The number of hydrogen-bond acceptors (Lipinski definition) is 5. The first-order valence-corrected chi connectivity index (χ1v) is 9.53. The van der Waals surface area contributed by atoms with Crippen molar-refractivity contribution in [3.63, 3.8) is 0 Å². The fraction of sp³-hybridized carbons (Fsp3) is 0.364. The predicted octanol–water partition coefficient (Wildman–Crippen LogP) is 3.79. The van der Waals surface area contributed by atoms with Crippen LogP contribution in [0.15, 0.2) is 42.5 Å². The van der Waals surface area contributed by atoms with Crippen molar-refractivity contribution >= 4 is 23.3 Å². The second kappa shape index (κ2) is 9.26. The second-order valence-electron chi connectivity index (χ2n) is 6.90. The zero-order chi connectivity index (χ0) is 19.9. The molecule has 0 spiro atoms. The number of hydrogen-bond donors (Lipinski definition) is 1. The molecule has 148 valence electrons. The van der Waals surface area contributed by atoms with Gasteiger partial charge in [-0.3, -0.25) is 4.79 Å². The van der Waals surface area contributed by atoms with Crippen molar-refractivity contribution in [2.24, 2.45) is 0 Å². The fourth-order valence-electron chi connectivity index (χ4n) is 3.25. The number of nitrogens with zero attached hydrogens (tertiary/aromatic N) is 1. The molecule has 1 fully saturated rings. The van der Waals surface area contributed by atoms with Crippen LogP contribution in [-0.2, 0) is 9.53 Å². The first-order valence-electron chi connectivity index (χ1n) is 9.53. The maximum Gasteiger partial charge on any atom is 0.337 e. The lowest BCUT2D eigenvalue weighted by Crippen LogP contribution is -2.29. The van der Waals surface area contributed by atoms with Crippen molar-refractivity contribution in [1.82, 2.24) is 0 Å². The topological polar surface area (TPSA) is 67.9 Å². The van der Waals surface area contributed by atoms with Crippen molar-refractivity contribution in [3.05, 3.63) is 53.6 Å². The van der Waals surface area contributed by atoms with E-state index in [4.69, 9.17) is 9.47 Å². The van der Waals surface area contributed by atoms with E-state index in [1.54, 1.807) is 18.2 Å². The molecule has 1 amide bonds. The Morgan fingerprint density at radius 2 is 1.75 bits per heavy atom. The Morgan fingerprint density at radius 1 is 1.04 bits per heavy atom. The molecule has 28 heavy (non-hydrogen) atoms. The van der Waals surface area contributed by atoms with Crippen LogP contribution < -0.4 is 15.0 Å². The summed E-state index contributed by atoms with van der Waals surface area (Å²) in [6, 6.07) is 12.9. The molecule has 1 aliphatic heterocycles. The number of anilines is 2. The van der Waals surface area contributed by atoms with Crippen LogP contribution in [0, 0.1) is 6.92 Å². The van der Waals surface area contributed by atoms with Gasteiger partial charge in [-0.2, -0.15) is 0 Å². The number of amides is 1. The normalized spacial score (nSPS) is 13.7. The number of ether oxygens (including phenoxy) is 2. The largest absolute Gasteiger partial charge is 0.483 e. The molecule has 2 aromatic rings. The van der Waals surface area contributed by atoms with E-state index in [0.717, 1.165) is 24.3 Å². The first kappa shape index (κ1) is 19.7. The molecule has 0 aromatic heterocycles. The number of methoxy groups -OCH3 is 1. The summed E-state index contributed by atoms with van der Waals surface area (Å²) in [5.41, 5.74) is 3.14. The molecule has 0 atom stereocenters. The summed E-state index contributed by atoms with van der Waals surface area (Å²) in [6.07, 6.45) is 3.76. The molecular formula is C22H26N2O4. The fourth-order valence-corrected chi connectivity index (χ4v) is 3.25. The van der Waals surface area contributed by atoms with Crippen LogP contribution >= 0.6 is 0 Å². The minimum atomic E-state index is -0.442. The summed E-state index contributed by atoms with van der Waals surface area (Å²) in [6.45, 7) is 3.89. The Morgan fingerprint density at radius 3 is 2.43 bits per heavy atom. The molecule has 0 aliphatic carbocycles. The predicted molar refractivity (Wildman–Crippen MR) is 109 cm³/mol. The van der Waals surface area contributed by atoms with Crippen LogP contribution in [0.4, 0.5) is 11.4 Å². The van der Waals surface area contributed by atoms with Gasteiger partial charge in [-0.1, -0.05) is 6.07 Å². The highest BCUT2D eigenvalue weighted by Gasteiger charge is 2.12. The van der Waals surface area contributed by atoms with Crippen LogP contribution in [0.25, 0.3) is 0 Å². The van der Waals surface area contributed by atoms with E-state index in [9.17, 15) is 9.59 Å². The summed E-state index contributed by atoms with van der Waals surface area (Å²) >= 11 is 0. The van der Waals surface area contributed by atoms with Crippen molar-refractivity contribution < 1.29 is 19.1 Å². The minimum absolute atomic E-state index is 0.140. The molecule has 1 heterocycles. The van der Waals surface area contributed by atoms with Gasteiger partial charge in [0.1, 0.15) is 5.75 Å². The first-order chi connectivity index (χ1) is 13.6. The van der Waals surface area contributed by atoms with Gasteiger partial charge in [-0.25, -0.2) is 4.79 Å². The molecule has 1 saturated heterocycles. The minimum Gasteiger partial charge on any atom is -0.483 e. The van der Waals surface area contributed by atoms with E-state index in [1.165, 1.54) is 32.1 Å². The molecule has 2 aromatic carbocycles. The molecule has 0 radical (unpaired) electrons. The number of carbonyl (C=O) groups is 2. The lowest BCUT2D eigenvalue weighted by Gasteiger charge is -2.28. The molecule has 1 N–H and O–H groups in total. The third kappa shape index (κ3) is 5.03. The SMILES string of the molecule is COC(=O)c1ccc(C)c(OCC(=O)Nc2ccc(N3CCCCC3)cc2)c1. The van der Waals surface area contributed by atoms with Gasteiger partial charge in [-0.05, 0) is 68.1 Å². The number of rotatable bonds is 6. The van der Waals surface area contributed by atoms with Crippen LogP contribution in [0.3, 0.4) is 0 Å². The molecular weight excluding hydrogens is 356 g/mol. The van der Waals surface area contributed by atoms with Gasteiger partial charge in [0, 0.05) is 24.5 Å². The van der Waals surface area contributed by atoms with E-state index in [2.05, 4.69) is 10.2 Å². The molecule has 1 aliphatic rings. The van der Waals surface area contributed by atoms with Crippen molar-refractivity contribution in [2.75, 3.05) is 37.0 Å². The molecule has 6 heteroatoms. The highest BCUT2D eigenvalue weighted by Crippen LogP contribution is 2.22. The molecule has 6 nitrogen and oxygen atoms in total. The van der Waals surface area contributed by atoms with Crippen LogP contribution in [0.5, 0.6) is 5.75 Å². The van der Waals surface area contributed by atoms with Gasteiger partial charge in [0.25, 0.3) is 5.91 Å². The average molecular weight is 382 g/mol. The second-order valence-corrected chi connectivity index (χ2v) is 6.90. The van der Waals surface area contributed by atoms with E-state index in [1.807, 2.05) is 31.2 Å². The summed E-state index contributed by atoms with van der Waals surface area (Å²) in [4.78, 5) is 26.2. The Hall–Kier alpha value is -3.02. The van der Waals surface area contributed by atoms with Gasteiger partial charge in [0.15, 0.2) is 6.61 Å². The molecule has 3 rings (SSSR count). The number of piperidine rings is 1. The number of aryl methyl sites for hydroxylation is 1. The summed E-state index contributed by atoms with van der Waals surface area (Å²) in [5.74, 6) is -0.213. The number of carbonyl (C=O) groups excluding carboxylic acids is 2. The Kier molecular flexibility index (Phi) is 6.53. The van der Waals surface area contributed by atoms with Gasteiger partial charge in [0.05, 0.1) is 12.7 Å². The number of esters is 1. The van der Waals surface area contributed by atoms with E-state index in [-0.39, 0.29) is 12.5 Å². The van der Waals surface area contributed by atoms with Crippen LogP contribution in [0.1, 0.15) is 35.2 Å². The lowest BCUT2D eigenvalue weighted by atomic mass is 10.1. The highest BCUT2D eigenvalue weighted by atomic mass is 16.5. The Labute approximate surface area is 165 Å². The smallest absolute Gasteiger partial charge is 0.337 e. The maximum absolute atomic E-state index is 12.2. The summed E-state index contributed by atoms with van der Waals surface area (Å²) in [5, 5.41) is 2.84. The van der Waals surface area contributed by atoms with E-state index >= 15 is 0 Å². The molecule has 0 bridgehead atoms. The maximum atomic E-state index is 12.2. The highest BCUT2D eigenvalue weighted by molar-refractivity contribution is 5.92. The van der Waals surface area contributed by atoms with Crippen molar-refractivity contribution in [2.45, 2.75) is 26.2 Å². The Bertz CT molecular complexity index is 827. The lowest BCUT2D eigenvalue weighted by molar-refractivity contribution is -0.118. The molecule has 0 saturated carbocycles.